The van der Waals surface area contributed by atoms with Crippen molar-refractivity contribution in [2.24, 2.45) is 0 Å². The Bertz CT molecular complexity index is 2450. The molecule has 0 aliphatic rings. The molecule has 1 nitrogen and oxygen atoms in total. The van der Waals surface area contributed by atoms with E-state index >= 15 is 0 Å². The van der Waals surface area contributed by atoms with Crippen LogP contribution in [0, 0.1) is 0 Å². The van der Waals surface area contributed by atoms with Crippen LogP contribution >= 0.6 is 22.7 Å². The van der Waals surface area contributed by atoms with E-state index in [0.29, 0.717) is 0 Å². The quantitative estimate of drug-likeness (QED) is 0.199. The smallest absolute Gasteiger partial charge is 0.0554 e. The first-order chi connectivity index (χ1) is 21.3. The highest BCUT2D eigenvalue weighted by Crippen LogP contribution is 2.45. The van der Waals surface area contributed by atoms with Gasteiger partial charge in [0.1, 0.15) is 0 Å². The first kappa shape index (κ1) is 24.6. The molecule has 0 unspecified atom stereocenters. The summed E-state index contributed by atoms with van der Waals surface area (Å²) in [5.41, 5.74) is 5.98. The monoisotopic (exact) mass is 583 g/mol. The Morgan fingerprint density at radius 2 is 0.930 bits per heavy atom. The minimum absolute atomic E-state index is 1.14. The molecule has 9 rings (SSSR count). The van der Waals surface area contributed by atoms with Crippen LogP contribution in [0.15, 0.2) is 152 Å². The van der Waals surface area contributed by atoms with Gasteiger partial charge in [0.05, 0.1) is 5.69 Å². The van der Waals surface area contributed by atoms with Crippen molar-refractivity contribution in [3.63, 3.8) is 0 Å². The van der Waals surface area contributed by atoms with Crippen molar-refractivity contribution < 1.29 is 0 Å². The Morgan fingerprint density at radius 1 is 0.349 bits per heavy atom. The van der Waals surface area contributed by atoms with Gasteiger partial charge in [0.25, 0.3) is 0 Å². The van der Waals surface area contributed by atoms with Crippen molar-refractivity contribution in [1.29, 1.82) is 0 Å². The summed E-state index contributed by atoms with van der Waals surface area (Å²) >= 11 is 3.74. The number of hydrogen-bond acceptors (Lipinski definition) is 3. The second-order valence-corrected chi connectivity index (χ2v) is 13.1. The molecule has 7 aromatic carbocycles. The number of rotatable bonds is 4. The van der Waals surface area contributed by atoms with Gasteiger partial charge in [-0.1, -0.05) is 97.1 Å². The molecule has 0 radical (unpaired) electrons. The van der Waals surface area contributed by atoms with E-state index in [2.05, 4.69) is 157 Å². The van der Waals surface area contributed by atoms with Crippen LogP contribution in [0.5, 0.6) is 0 Å². The minimum Gasteiger partial charge on any atom is -0.310 e. The minimum atomic E-state index is 1.14. The predicted octanol–water partition coefficient (Wildman–Crippen LogP) is 12.7. The van der Waals surface area contributed by atoms with Crippen molar-refractivity contribution in [2.75, 3.05) is 4.90 Å². The molecule has 0 amide bonds. The molecule has 0 N–H and O–H groups in total. The van der Waals surface area contributed by atoms with Gasteiger partial charge < -0.3 is 4.90 Å². The van der Waals surface area contributed by atoms with E-state index in [1.54, 1.807) is 0 Å². The molecule has 0 aliphatic carbocycles. The van der Waals surface area contributed by atoms with Crippen LogP contribution in [-0.2, 0) is 0 Å². The maximum atomic E-state index is 2.40. The predicted molar refractivity (Wildman–Crippen MR) is 190 cm³/mol. The van der Waals surface area contributed by atoms with E-state index in [1.165, 1.54) is 67.9 Å². The van der Waals surface area contributed by atoms with Crippen LogP contribution in [0.2, 0.25) is 0 Å². The van der Waals surface area contributed by atoms with Gasteiger partial charge >= 0.3 is 0 Å². The first-order valence-corrected chi connectivity index (χ1v) is 16.2. The third-order valence-corrected chi connectivity index (χ3v) is 10.7. The fourth-order valence-electron chi connectivity index (χ4n) is 6.57. The lowest BCUT2D eigenvalue weighted by molar-refractivity contribution is 1.30. The van der Waals surface area contributed by atoms with Gasteiger partial charge in [0, 0.05) is 51.7 Å². The van der Waals surface area contributed by atoms with E-state index < -0.39 is 0 Å². The summed E-state index contributed by atoms with van der Waals surface area (Å²) in [6.07, 6.45) is 0. The zero-order chi connectivity index (χ0) is 28.3. The molecule has 2 heterocycles. The van der Waals surface area contributed by atoms with Gasteiger partial charge in [-0.25, -0.2) is 0 Å². The van der Waals surface area contributed by atoms with E-state index in [0.717, 1.165) is 11.4 Å². The van der Waals surface area contributed by atoms with Crippen molar-refractivity contribution in [3.05, 3.63) is 152 Å². The summed E-state index contributed by atoms with van der Waals surface area (Å²) < 4.78 is 5.31. The van der Waals surface area contributed by atoms with Gasteiger partial charge in [-0.05, 0) is 76.5 Å². The Kier molecular flexibility index (Phi) is 5.62. The van der Waals surface area contributed by atoms with E-state index in [1.807, 2.05) is 22.7 Å². The van der Waals surface area contributed by atoms with E-state index in [-0.39, 0.29) is 0 Å². The van der Waals surface area contributed by atoms with Gasteiger partial charge in [0.2, 0.25) is 0 Å². The van der Waals surface area contributed by atoms with Crippen LogP contribution in [0.3, 0.4) is 0 Å². The van der Waals surface area contributed by atoms with Crippen molar-refractivity contribution in [3.8, 4) is 11.1 Å². The number of hydrogen-bond donors (Lipinski definition) is 0. The lowest BCUT2D eigenvalue weighted by Crippen LogP contribution is -2.10. The molecule has 43 heavy (non-hydrogen) atoms. The summed E-state index contributed by atoms with van der Waals surface area (Å²) in [5.74, 6) is 0. The van der Waals surface area contributed by atoms with Crippen LogP contribution in [0.1, 0.15) is 0 Å². The highest BCUT2D eigenvalue weighted by Gasteiger charge is 2.18. The zero-order valence-electron chi connectivity index (χ0n) is 23.2. The number of thiophene rings is 2. The standard InChI is InChI=1S/C40H25NS2/c1-2-10-27(11-3-1)41(34-16-9-19-37-40(34)33-13-5-7-18-36(33)42-37)28-22-20-26(21-23-28)29-14-8-15-31-30(29)24-25-38-39(31)32-12-4-6-17-35(32)43-38/h1-25H. The second-order valence-electron chi connectivity index (χ2n) is 10.9. The molecule has 0 saturated heterocycles. The Labute approximate surface area is 257 Å². The summed E-state index contributed by atoms with van der Waals surface area (Å²) in [7, 11) is 0. The van der Waals surface area contributed by atoms with Crippen molar-refractivity contribution in [1.82, 2.24) is 0 Å². The molecular weight excluding hydrogens is 559 g/mol. The fourth-order valence-corrected chi connectivity index (χ4v) is 8.82. The van der Waals surface area contributed by atoms with Crippen molar-refractivity contribution in [2.45, 2.75) is 0 Å². The van der Waals surface area contributed by atoms with Gasteiger partial charge in [-0.15, -0.1) is 22.7 Å². The highest BCUT2D eigenvalue weighted by molar-refractivity contribution is 7.26. The number of para-hydroxylation sites is 1. The zero-order valence-corrected chi connectivity index (χ0v) is 24.8. The number of benzene rings is 7. The molecular formula is C40H25NS2. The fraction of sp³-hybridized carbons (Fsp3) is 0. The van der Waals surface area contributed by atoms with Crippen LogP contribution in [0.25, 0.3) is 62.2 Å². The normalized spacial score (nSPS) is 11.7. The van der Waals surface area contributed by atoms with E-state index in [4.69, 9.17) is 0 Å². The lowest BCUT2D eigenvalue weighted by Gasteiger charge is -2.26. The Hall–Kier alpha value is -4.96. The maximum absolute atomic E-state index is 2.40. The number of nitrogens with zero attached hydrogens (tertiary/aromatic N) is 1. The molecule has 0 aliphatic heterocycles. The molecule has 0 fully saturated rings. The second kappa shape index (κ2) is 9.81. The van der Waals surface area contributed by atoms with Gasteiger partial charge in [-0.3, -0.25) is 0 Å². The Balaban J connectivity index is 1.21. The third kappa shape index (κ3) is 3.90. The molecule has 0 bridgehead atoms. The third-order valence-electron chi connectivity index (χ3n) is 8.47. The number of fused-ring (bicyclic) bond motifs is 8. The molecule has 0 saturated carbocycles. The Morgan fingerprint density at radius 3 is 1.70 bits per heavy atom. The largest absolute Gasteiger partial charge is 0.310 e. The first-order valence-electron chi connectivity index (χ1n) is 14.5. The summed E-state index contributed by atoms with van der Waals surface area (Å²) in [6, 6.07) is 55.3. The van der Waals surface area contributed by atoms with Crippen LogP contribution < -0.4 is 4.90 Å². The van der Waals surface area contributed by atoms with Crippen LogP contribution in [-0.4, -0.2) is 0 Å². The SMILES string of the molecule is c1ccc(N(c2ccc(-c3cccc4c3ccc3sc5ccccc5c34)cc2)c2cccc3sc4ccccc4c23)cc1. The van der Waals surface area contributed by atoms with E-state index in [9.17, 15) is 0 Å². The number of anilines is 3. The summed E-state index contributed by atoms with van der Waals surface area (Å²) in [5, 5.41) is 7.92. The van der Waals surface area contributed by atoms with Gasteiger partial charge in [-0.2, -0.15) is 0 Å². The molecule has 0 spiro atoms. The molecule has 0 atom stereocenters. The molecule has 2 aromatic heterocycles. The van der Waals surface area contributed by atoms with Crippen molar-refractivity contribution >= 4 is 90.9 Å². The summed E-state index contributed by atoms with van der Waals surface area (Å²) in [4.78, 5) is 2.40. The highest BCUT2D eigenvalue weighted by atomic mass is 32.1. The van der Waals surface area contributed by atoms with Crippen LogP contribution in [0.4, 0.5) is 17.1 Å². The maximum Gasteiger partial charge on any atom is 0.0554 e. The molecule has 9 aromatic rings. The molecule has 202 valence electrons. The average molecular weight is 584 g/mol. The molecule has 3 heteroatoms. The lowest BCUT2D eigenvalue weighted by atomic mass is 9.95. The average Bonchev–Trinajstić information content (AvgIpc) is 3.65. The summed E-state index contributed by atoms with van der Waals surface area (Å²) in [6.45, 7) is 0. The van der Waals surface area contributed by atoms with Gasteiger partial charge in [0.15, 0.2) is 0 Å². The topological polar surface area (TPSA) is 3.24 Å².